The third-order valence-electron chi connectivity index (χ3n) is 2.99. The SMILES string of the molecule is CNC(=O)c1ccc(N)c(Nc2cc(OC)ccc2Br)c1. The van der Waals surface area contributed by atoms with Crippen molar-refractivity contribution < 1.29 is 9.53 Å². The molecule has 0 spiro atoms. The molecule has 6 heteroatoms. The standard InChI is InChI=1S/C15H16BrN3O2/c1-18-15(20)9-3-6-12(17)14(7-9)19-13-8-10(21-2)4-5-11(13)16/h3-8,19H,17H2,1-2H3,(H,18,20). The summed E-state index contributed by atoms with van der Waals surface area (Å²) in [5.74, 6) is 0.560. The summed E-state index contributed by atoms with van der Waals surface area (Å²) >= 11 is 3.46. The number of hydrogen-bond acceptors (Lipinski definition) is 4. The maximum Gasteiger partial charge on any atom is 0.251 e. The van der Waals surface area contributed by atoms with E-state index in [-0.39, 0.29) is 5.91 Å². The fraction of sp³-hybridized carbons (Fsp3) is 0.133. The first kappa shape index (κ1) is 15.2. The van der Waals surface area contributed by atoms with Gasteiger partial charge in [-0.1, -0.05) is 0 Å². The number of hydrogen-bond donors (Lipinski definition) is 3. The van der Waals surface area contributed by atoms with E-state index in [0.717, 1.165) is 15.9 Å². The van der Waals surface area contributed by atoms with Crippen molar-refractivity contribution >= 4 is 38.9 Å². The number of ether oxygens (including phenoxy) is 1. The largest absolute Gasteiger partial charge is 0.497 e. The second-order valence-electron chi connectivity index (χ2n) is 4.35. The third-order valence-corrected chi connectivity index (χ3v) is 3.68. The van der Waals surface area contributed by atoms with Gasteiger partial charge in [0.2, 0.25) is 0 Å². The predicted octanol–water partition coefficient (Wildman–Crippen LogP) is 3.14. The highest BCUT2D eigenvalue weighted by atomic mass is 79.9. The minimum absolute atomic E-state index is 0.164. The summed E-state index contributed by atoms with van der Waals surface area (Å²) < 4.78 is 6.07. The Morgan fingerprint density at radius 2 is 1.95 bits per heavy atom. The van der Waals surface area contributed by atoms with Gasteiger partial charge in [-0.3, -0.25) is 4.79 Å². The molecule has 0 saturated carbocycles. The molecule has 0 radical (unpaired) electrons. The molecular formula is C15H16BrN3O2. The van der Waals surface area contributed by atoms with Gasteiger partial charge < -0.3 is 21.1 Å². The van der Waals surface area contributed by atoms with Crippen LogP contribution in [0.5, 0.6) is 5.75 Å². The molecule has 0 fully saturated rings. The van der Waals surface area contributed by atoms with Crippen molar-refractivity contribution in [2.75, 3.05) is 25.2 Å². The molecule has 1 amide bonds. The van der Waals surface area contributed by atoms with Gasteiger partial charge in [0.15, 0.2) is 0 Å². The van der Waals surface area contributed by atoms with E-state index in [4.69, 9.17) is 10.5 Å². The van der Waals surface area contributed by atoms with Crippen LogP contribution in [0.1, 0.15) is 10.4 Å². The first-order chi connectivity index (χ1) is 10.0. The van der Waals surface area contributed by atoms with Crippen LogP contribution in [0.25, 0.3) is 0 Å². The zero-order valence-corrected chi connectivity index (χ0v) is 13.3. The number of benzene rings is 2. The van der Waals surface area contributed by atoms with E-state index in [1.54, 1.807) is 32.4 Å². The van der Waals surface area contributed by atoms with Crippen LogP contribution < -0.4 is 21.1 Å². The molecule has 5 nitrogen and oxygen atoms in total. The lowest BCUT2D eigenvalue weighted by Crippen LogP contribution is -2.18. The van der Waals surface area contributed by atoms with Crippen molar-refractivity contribution in [1.82, 2.24) is 5.32 Å². The molecular weight excluding hydrogens is 334 g/mol. The van der Waals surface area contributed by atoms with Gasteiger partial charge in [0.05, 0.1) is 24.2 Å². The zero-order chi connectivity index (χ0) is 15.4. The maximum absolute atomic E-state index is 11.7. The highest BCUT2D eigenvalue weighted by Gasteiger charge is 2.09. The van der Waals surface area contributed by atoms with Crippen LogP contribution in [0.2, 0.25) is 0 Å². The second kappa shape index (κ2) is 6.49. The molecule has 0 unspecified atom stereocenters. The third kappa shape index (κ3) is 3.46. The molecule has 0 bridgehead atoms. The molecule has 2 rings (SSSR count). The lowest BCUT2D eigenvalue weighted by atomic mass is 10.1. The molecule has 0 heterocycles. The van der Waals surface area contributed by atoms with Crippen LogP contribution in [0.15, 0.2) is 40.9 Å². The Hall–Kier alpha value is -2.21. The Kier molecular flexibility index (Phi) is 4.70. The van der Waals surface area contributed by atoms with Gasteiger partial charge in [-0.25, -0.2) is 0 Å². The molecule has 110 valence electrons. The number of nitrogens with two attached hydrogens (primary N) is 1. The average Bonchev–Trinajstić information content (AvgIpc) is 2.50. The molecule has 0 aliphatic heterocycles. The summed E-state index contributed by atoms with van der Waals surface area (Å²) in [5.41, 5.74) is 8.51. The number of halogens is 1. The lowest BCUT2D eigenvalue weighted by molar-refractivity contribution is 0.0963. The monoisotopic (exact) mass is 349 g/mol. The van der Waals surface area contributed by atoms with E-state index < -0.39 is 0 Å². The minimum Gasteiger partial charge on any atom is -0.497 e. The molecule has 2 aromatic carbocycles. The second-order valence-corrected chi connectivity index (χ2v) is 5.21. The van der Waals surface area contributed by atoms with Crippen LogP contribution in [-0.4, -0.2) is 20.1 Å². The summed E-state index contributed by atoms with van der Waals surface area (Å²) in [6, 6.07) is 10.6. The van der Waals surface area contributed by atoms with Gasteiger partial charge in [0.25, 0.3) is 5.91 Å². The zero-order valence-electron chi connectivity index (χ0n) is 11.7. The quantitative estimate of drug-likeness (QED) is 0.741. The minimum atomic E-state index is -0.164. The first-order valence-corrected chi connectivity index (χ1v) is 7.06. The molecule has 0 saturated heterocycles. The number of anilines is 3. The maximum atomic E-state index is 11.7. The Morgan fingerprint density at radius 3 is 2.62 bits per heavy atom. The summed E-state index contributed by atoms with van der Waals surface area (Å²) in [4.78, 5) is 11.7. The van der Waals surface area contributed by atoms with Crippen LogP contribution in [0.4, 0.5) is 17.1 Å². The predicted molar refractivity (Wildman–Crippen MR) is 88.2 cm³/mol. The van der Waals surface area contributed by atoms with Crippen molar-refractivity contribution in [2.24, 2.45) is 0 Å². The first-order valence-electron chi connectivity index (χ1n) is 6.27. The molecule has 0 aromatic heterocycles. The molecule has 4 N–H and O–H groups in total. The fourth-order valence-corrected chi connectivity index (χ4v) is 2.17. The van der Waals surface area contributed by atoms with Crippen molar-refractivity contribution in [3.63, 3.8) is 0 Å². The average molecular weight is 350 g/mol. The molecule has 2 aromatic rings. The number of rotatable bonds is 4. The van der Waals surface area contributed by atoms with Crippen LogP contribution >= 0.6 is 15.9 Å². The van der Waals surface area contributed by atoms with Crippen molar-refractivity contribution in [1.29, 1.82) is 0 Å². The smallest absolute Gasteiger partial charge is 0.251 e. The molecule has 0 atom stereocenters. The number of methoxy groups -OCH3 is 1. The highest BCUT2D eigenvalue weighted by molar-refractivity contribution is 9.10. The van der Waals surface area contributed by atoms with Gasteiger partial charge in [-0.15, -0.1) is 0 Å². The van der Waals surface area contributed by atoms with Crippen LogP contribution in [0.3, 0.4) is 0 Å². The van der Waals surface area contributed by atoms with E-state index in [2.05, 4.69) is 26.6 Å². The Bertz CT molecular complexity index is 674. The highest BCUT2D eigenvalue weighted by Crippen LogP contribution is 2.32. The van der Waals surface area contributed by atoms with Crippen LogP contribution in [-0.2, 0) is 0 Å². The Labute approximate surface area is 131 Å². The Morgan fingerprint density at radius 1 is 1.19 bits per heavy atom. The van der Waals surface area contributed by atoms with Crippen molar-refractivity contribution in [3.8, 4) is 5.75 Å². The number of carbonyl (C=O) groups is 1. The van der Waals surface area contributed by atoms with Gasteiger partial charge in [0.1, 0.15) is 5.75 Å². The summed E-state index contributed by atoms with van der Waals surface area (Å²) in [6.45, 7) is 0. The van der Waals surface area contributed by atoms with E-state index in [1.165, 1.54) is 0 Å². The van der Waals surface area contributed by atoms with E-state index in [0.29, 0.717) is 16.9 Å². The number of amides is 1. The molecule has 0 aliphatic rings. The van der Waals surface area contributed by atoms with Crippen LogP contribution in [0, 0.1) is 0 Å². The van der Waals surface area contributed by atoms with Crippen molar-refractivity contribution in [2.45, 2.75) is 0 Å². The Balaban J connectivity index is 2.37. The van der Waals surface area contributed by atoms with Gasteiger partial charge >= 0.3 is 0 Å². The van der Waals surface area contributed by atoms with E-state index in [1.807, 2.05) is 18.2 Å². The van der Waals surface area contributed by atoms with Gasteiger partial charge in [-0.05, 0) is 46.3 Å². The summed E-state index contributed by atoms with van der Waals surface area (Å²) in [6.07, 6.45) is 0. The normalized spacial score (nSPS) is 10.0. The van der Waals surface area contributed by atoms with Gasteiger partial charge in [0, 0.05) is 23.2 Å². The molecule has 0 aliphatic carbocycles. The van der Waals surface area contributed by atoms with E-state index >= 15 is 0 Å². The topological polar surface area (TPSA) is 76.4 Å². The van der Waals surface area contributed by atoms with Crippen molar-refractivity contribution in [3.05, 3.63) is 46.4 Å². The lowest BCUT2D eigenvalue weighted by Gasteiger charge is -2.13. The number of nitrogens with one attached hydrogen (secondary N) is 2. The number of carbonyl (C=O) groups excluding carboxylic acids is 1. The number of nitrogen functional groups attached to an aromatic ring is 1. The molecule has 21 heavy (non-hydrogen) atoms. The summed E-state index contributed by atoms with van der Waals surface area (Å²) in [5, 5.41) is 5.79. The van der Waals surface area contributed by atoms with E-state index in [9.17, 15) is 4.79 Å². The fourth-order valence-electron chi connectivity index (χ4n) is 1.82. The summed E-state index contributed by atoms with van der Waals surface area (Å²) in [7, 11) is 3.19. The van der Waals surface area contributed by atoms with Gasteiger partial charge in [-0.2, -0.15) is 0 Å².